The third kappa shape index (κ3) is 3.06. The zero-order valence-electron chi connectivity index (χ0n) is 10.8. The minimum atomic E-state index is -0.0135. The smallest absolute Gasteiger partial charge is 0.0749 e. The van der Waals surface area contributed by atoms with Gasteiger partial charge in [0.1, 0.15) is 0 Å². The standard InChI is InChI=1S/C15H20N2O/c1-2-10-18-11-8-14(16)13-7-3-5-12-6-4-9-17-15(12)13/h3-7,9,14H,2,8,10-11,16H2,1H3. The van der Waals surface area contributed by atoms with E-state index in [1.807, 2.05) is 18.3 Å². The Kier molecular flexibility index (Phi) is 4.67. The molecule has 0 aliphatic heterocycles. The number of pyridine rings is 1. The molecule has 0 bridgehead atoms. The van der Waals surface area contributed by atoms with Gasteiger partial charge in [0.05, 0.1) is 5.52 Å². The number of para-hydroxylation sites is 1. The van der Waals surface area contributed by atoms with Crippen molar-refractivity contribution in [3.63, 3.8) is 0 Å². The van der Waals surface area contributed by atoms with Crippen LogP contribution in [0.15, 0.2) is 36.5 Å². The van der Waals surface area contributed by atoms with Crippen molar-refractivity contribution in [1.29, 1.82) is 0 Å². The van der Waals surface area contributed by atoms with Crippen LogP contribution in [0.4, 0.5) is 0 Å². The van der Waals surface area contributed by atoms with Gasteiger partial charge in [-0.15, -0.1) is 0 Å². The average Bonchev–Trinajstić information content (AvgIpc) is 2.43. The van der Waals surface area contributed by atoms with E-state index in [4.69, 9.17) is 10.5 Å². The van der Waals surface area contributed by atoms with Gasteiger partial charge in [0.2, 0.25) is 0 Å². The summed E-state index contributed by atoms with van der Waals surface area (Å²) < 4.78 is 5.49. The molecule has 1 heterocycles. The molecule has 0 radical (unpaired) electrons. The molecule has 0 saturated heterocycles. The van der Waals surface area contributed by atoms with E-state index < -0.39 is 0 Å². The molecule has 2 rings (SSSR count). The van der Waals surface area contributed by atoms with E-state index in [0.717, 1.165) is 35.9 Å². The second-order valence-electron chi connectivity index (χ2n) is 4.43. The van der Waals surface area contributed by atoms with Crippen molar-refractivity contribution >= 4 is 10.9 Å². The summed E-state index contributed by atoms with van der Waals surface area (Å²) in [5.41, 5.74) is 8.33. The van der Waals surface area contributed by atoms with Gasteiger partial charge in [-0.2, -0.15) is 0 Å². The van der Waals surface area contributed by atoms with Crippen molar-refractivity contribution < 1.29 is 4.74 Å². The lowest BCUT2D eigenvalue weighted by molar-refractivity contribution is 0.128. The van der Waals surface area contributed by atoms with Crippen LogP contribution in [0.1, 0.15) is 31.4 Å². The molecule has 0 saturated carbocycles. The van der Waals surface area contributed by atoms with Gasteiger partial charge in [-0.3, -0.25) is 4.98 Å². The molecular weight excluding hydrogens is 224 g/mol. The fourth-order valence-corrected chi connectivity index (χ4v) is 2.04. The molecule has 1 aromatic heterocycles. The first-order chi connectivity index (χ1) is 8.83. The number of fused-ring (bicyclic) bond motifs is 1. The predicted molar refractivity (Wildman–Crippen MR) is 74.4 cm³/mol. The van der Waals surface area contributed by atoms with Gasteiger partial charge in [0.15, 0.2) is 0 Å². The molecule has 1 atom stereocenters. The number of ether oxygens (including phenoxy) is 1. The molecule has 1 aromatic carbocycles. The minimum Gasteiger partial charge on any atom is -0.381 e. The number of aromatic nitrogens is 1. The quantitative estimate of drug-likeness (QED) is 0.794. The van der Waals surface area contributed by atoms with Crippen LogP contribution in [-0.2, 0) is 4.74 Å². The maximum atomic E-state index is 6.22. The van der Waals surface area contributed by atoms with Crippen LogP contribution in [0.25, 0.3) is 10.9 Å². The van der Waals surface area contributed by atoms with Crippen molar-refractivity contribution in [2.45, 2.75) is 25.8 Å². The second kappa shape index (κ2) is 6.47. The van der Waals surface area contributed by atoms with Crippen molar-refractivity contribution in [3.05, 3.63) is 42.1 Å². The van der Waals surface area contributed by atoms with Gasteiger partial charge >= 0.3 is 0 Å². The topological polar surface area (TPSA) is 48.1 Å². The van der Waals surface area contributed by atoms with E-state index in [9.17, 15) is 0 Å². The molecule has 0 fully saturated rings. The fraction of sp³-hybridized carbons (Fsp3) is 0.400. The zero-order chi connectivity index (χ0) is 12.8. The van der Waals surface area contributed by atoms with E-state index in [-0.39, 0.29) is 6.04 Å². The lowest BCUT2D eigenvalue weighted by Gasteiger charge is -2.14. The van der Waals surface area contributed by atoms with Crippen LogP contribution in [0, 0.1) is 0 Å². The molecule has 3 heteroatoms. The number of hydrogen-bond donors (Lipinski definition) is 1. The first-order valence-corrected chi connectivity index (χ1v) is 6.50. The molecule has 2 aromatic rings. The summed E-state index contributed by atoms with van der Waals surface area (Å²) in [6.07, 6.45) is 3.69. The van der Waals surface area contributed by atoms with Gasteiger partial charge in [-0.05, 0) is 24.5 Å². The minimum absolute atomic E-state index is 0.0135. The number of nitrogens with zero attached hydrogens (tertiary/aromatic N) is 1. The van der Waals surface area contributed by atoms with Crippen LogP contribution in [-0.4, -0.2) is 18.2 Å². The van der Waals surface area contributed by atoms with Gasteiger partial charge < -0.3 is 10.5 Å². The highest BCUT2D eigenvalue weighted by atomic mass is 16.5. The van der Waals surface area contributed by atoms with Crippen molar-refractivity contribution in [2.75, 3.05) is 13.2 Å². The van der Waals surface area contributed by atoms with E-state index in [1.165, 1.54) is 0 Å². The number of benzene rings is 1. The Morgan fingerprint density at radius 1 is 1.22 bits per heavy atom. The highest BCUT2D eigenvalue weighted by Gasteiger charge is 2.10. The molecule has 96 valence electrons. The molecule has 1 unspecified atom stereocenters. The summed E-state index contributed by atoms with van der Waals surface area (Å²) in [5, 5.41) is 1.14. The lowest BCUT2D eigenvalue weighted by atomic mass is 10.0. The summed E-state index contributed by atoms with van der Waals surface area (Å²) in [4.78, 5) is 4.43. The van der Waals surface area contributed by atoms with E-state index in [0.29, 0.717) is 6.61 Å². The maximum absolute atomic E-state index is 6.22. The van der Waals surface area contributed by atoms with Gasteiger partial charge in [0.25, 0.3) is 0 Å². The Balaban J connectivity index is 2.10. The summed E-state index contributed by atoms with van der Waals surface area (Å²) in [6, 6.07) is 10.1. The Labute approximate surface area is 108 Å². The van der Waals surface area contributed by atoms with Crippen molar-refractivity contribution in [2.24, 2.45) is 5.73 Å². The summed E-state index contributed by atoms with van der Waals surface area (Å²) in [5.74, 6) is 0. The molecule has 0 aliphatic carbocycles. The van der Waals surface area contributed by atoms with E-state index in [1.54, 1.807) is 0 Å². The van der Waals surface area contributed by atoms with Gasteiger partial charge in [0, 0.05) is 30.8 Å². The van der Waals surface area contributed by atoms with Crippen LogP contribution in [0.3, 0.4) is 0 Å². The highest BCUT2D eigenvalue weighted by Crippen LogP contribution is 2.22. The average molecular weight is 244 g/mol. The lowest BCUT2D eigenvalue weighted by Crippen LogP contribution is -2.14. The van der Waals surface area contributed by atoms with Gasteiger partial charge in [-0.1, -0.05) is 31.2 Å². The molecular formula is C15H20N2O. The Bertz CT molecular complexity index is 493. The van der Waals surface area contributed by atoms with Crippen LogP contribution in [0.5, 0.6) is 0 Å². The Hall–Kier alpha value is -1.45. The molecule has 2 N–H and O–H groups in total. The Morgan fingerprint density at radius 3 is 2.89 bits per heavy atom. The van der Waals surface area contributed by atoms with Crippen molar-refractivity contribution in [1.82, 2.24) is 4.98 Å². The fourth-order valence-electron chi connectivity index (χ4n) is 2.04. The van der Waals surface area contributed by atoms with E-state index >= 15 is 0 Å². The third-order valence-corrected chi connectivity index (χ3v) is 2.99. The SMILES string of the molecule is CCCOCCC(N)c1cccc2cccnc12. The Morgan fingerprint density at radius 2 is 2.06 bits per heavy atom. The van der Waals surface area contributed by atoms with Crippen molar-refractivity contribution in [3.8, 4) is 0 Å². The first-order valence-electron chi connectivity index (χ1n) is 6.50. The monoisotopic (exact) mass is 244 g/mol. The third-order valence-electron chi connectivity index (χ3n) is 2.99. The zero-order valence-corrected chi connectivity index (χ0v) is 10.8. The highest BCUT2D eigenvalue weighted by molar-refractivity contribution is 5.81. The molecule has 0 aliphatic rings. The number of nitrogens with two attached hydrogens (primary N) is 1. The summed E-state index contributed by atoms with van der Waals surface area (Å²) >= 11 is 0. The molecule has 0 amide bonds. The number of rotatable bonds is 6. The summed E-state index contributed by atoms with van der Waals surface area (Å²) in [6.45, 7) is 3.62. The second-order valence-corrected chi connectivity index (χ2v) is 4.43. The summed E-state index contributed by atoms with van der Waals surface area (Å²) in [7, 11) is 0. The largest absolute Gasteiger partial charge is 0.381 e. The van der Waals surface area contributed by atoms with E-state index in [2.05, 4.69) is 30.1 Å². The first kappa shape index (κ1) is 13.0. The van der Waals surface area contributed by atoms with Crippen LogP contribution >= 0.6 is 0 Å². The van der Waals surface area contributed by atoms with Crippen LogP contribution < -0.4 is 5.73 Å². The molecule has 0 spiro atoms. The number of hydrogen-bond acceptors (Lipinski definition) is 3. The molecule has 3 nitrogen and oxygen atoms in total. The normalized spacial score (nSPS) is 12.8. The van der Waals surface area contributed by atoms with Crippen LogP contribution in [0.2, 0.25) is 0 Å². The maximum Gasteiger partial charge on any atom is 0.0749 e. The predicted octanol–water partition coefficient (Wildman–Crippen LogP) is 3.05. The van der Waals surface area contributed by atoms with Gasteiger partial charge in [-0.25, -0.2) is 0 Å². The molecule has 18 heavy (non-hydrogen) atoms.